The van der Waals surface area contributed by atoms with Crippen LogP contribution in [-0.4, -0.2) is 18.7 Å². The van der Waals surface area contributed by atoms with E-state index in [1.54, 1.807) is 18.2 Å². The molecule has 1 rings (SSSR count). The molecule has 4 heteroatoms. The first-order chi connectivity index (χ1) is 7.33. The van der Waals surface area contributed by atoms with Crippen LogP contribution in [0.2, 0.25) is 0 Å². The maximum Gasteiger partial charge on any atom is 0.341 e. The molecule has 0 amide bonds. The van der Waals surface area contributed by atoms with Crippen LogP contribution in [0.3, 0.4) is 0 Å². The summed E-state index contributed by atoms with van der Waals surface area (Å²) in [4.78, 5) is 11.5. The van der Waals surface area contributed by atoms with Crippen molar-refractivity contribution in [3.63, 3.8) is 0 Å². The minimum absolute atomic E-state index is 0.381. The lowest BCUT2D eigenvalue weighted by molar-refractivity contribution is 0.0586. The van der Waals surface area contributed by atoms with Gasteiger partial charge in [-0.05, 0) is 32.9 Å². The van der Waals surface area contributed by atoms with Crippen molar-refractivity contribution in [3.05, 3.63) is 23.8 Å². The molecular weight excluding hydrogens is 206 g/mol. The van der Waals surface area contributed by atoms with Crippen molar-refractivity contribution in [1.29, 1.82) is 0 Å². The molecule has 0 atom stereocenters. The molecule has 0 unspecified atom stereocenters. The minimum atomic E-state index is -0.431. The van der Waals surface area contributed by atoms with Gasteiger partial charge < -0.3 is 15.2 Å². The molecule has 0 heterocycles. The van der Waals surface area contributed by atoms with E-state index in [2.05, 4.69) is 4.74 Å². The summed E-state index contributed by atoms with van der Waals surface area (Å²) in [6.07, 6.45) is 0. The van der Waals surface area contributed by atoms with Crippen LogP contribution in [0, 0.1) is 0 Å². The molecule has 0 aromatic heterocycles. The summed E-state index contributed by atoms with van der Waals surface area (Å²) in [6.45, 7) is 5.70. The Morgan fingerprint density at radius 2 is 1.94 bits per heavy atom. The predicted molar refractivity (Wildman–Crippen MR) is 62.6 cm³/mol. The Bertz CT molecular complexity index is 394. The molecule has 0 bridgehead atoms. The molecule has 1 aromatic carbocycles. The summed E-state index contributed by atoms with van der Waals surface area (Å²) in [5.41, 5.74) is 6.19. The fourth-order valence-corrected chi connectivity index (χ4v) is 1.23. The first-order valence-corrected chi connectivity index (χ1v) is 5.00. The van der Waals surface area contributed by atoms with Crippen LogP contribution in [0.1, 0.15) is 31.1 Å². The van der Waals surface area contributed by atoms with Crippen molar-refractivity contribution in [1.82, 2.24) is 0 Å². The summed E-state index contributed by atoms with van der Waals surface area (Å²) in [5.74, 6) is 0.0126. The molecule has 0 aliphatic rings. The van der Waals surface area contributed by atoms with E-state index in [1.807, 2.05) is 20.8 Å². The second kappa shape index (κ2) is 4.43. The van der Waals surface area contributed by atoms with Crippen LogP contribution in [0.15, 0.2) is 18.2 Å². The zero-order valence-electron chi connectivity index (χ0n) is 10.0. The molecule has 16 heavy (non-hydrogen) atoms. The van der Waals surface area contributed by atoms with Gasteiger partial charge in [0.15, 0.2) is 0 Å². The van der Waals surface area contributed by atoms with Crippen LogP contribution in [0.4, 0.5) is 5.69 Å². The van der Waals surface area contributed by atoms with Crippen LogP contribution >= 0.6 is 0 Å². The molecule has 2 N–H and O–H groups in total. The van der Waals surface area contributed by atoms with Gasteiger partial charge in [0.05, 0.1) is 7.11 Å². The average Bonchev–Trinajstić information content (AvgIpc) is 2.14. The summed E-state index contributed by atoms with van der Waals surface area (Å²) in [5, 5.41) is 0. The van der Waals surface area contributed by atoms with E-state index >= 15 is 0 Å². The number of methoxy groups -OCH3 is 1. The largest absolute Gasteiger partial charge is 0.487 e. The molecule has 0 saturated carbocycles. The normalized spacial score (nSPS) is 11.0. The highest BCUT2D eigenvalue weighted by Crippen LogP contribution is 2.26. The third-order valence-electron chi connectivity index (χ3n) is 1.83. The zero-order chi connectivity index (χ0) is 12.3. The topological polar surface area (TPSA) is 61.5 Å². The highest BCUT2D eigenvalue weighted by atomic mass is 16.5. The number of nitrogen functional groups attached to an aromatic ring is 1. The summed E-state index contributed by atoms with van der Waals surface area (Å²) in [6, 6.07) is 4.86. The summed E-state index contributed by atoms with van der Waals surface area (Å²) >= 11 is 0. The second-order valence-corrected chi connectivity index (χ2v) is 4.46. The molecule has 0 saturated heterocycles. The molecule has 1 aromatic rings. The monoisotopic (exact) mass is 223 g/mol. The average molecular weight is 223 g/mol. The highest BCUT2D eigenvalue weighted by molar-refractivity contribution is 5.93. The van der Waals surface area contributed by atoms with Gasteiger partial charge in [-0.15, -0.1) is 0 Å². The number of benzene rings is 1. The Balaban J connectivity index is 3.13. The van der Waals surface area contributed by atoms with Gasteiger partial charge in [-0.2, -0.15) is 0 Å². The smallest absolute Gasteiger partial charge is 0.341 e. The maximum atomic E-state index is 11.5. The first kappa shape index (κ1) is 12.4. The van der Waals surface area contributed by atoms with Crippen molar-refractivity contribution in [3.8, 4) is 5.75 Å². The Hall–Kier alpha value is -1.71. The quantitative estimate of drug-likeness (QED) is 0.617. The SMILES string of the molecule is COC(=O)c1ccc(N)cc1OC(C)(C)C. The van der Waals surface area contributed by atoms with Gasteiger partial charge in [-0.3, -0.25) is 0 Å². The van der Waals surface area contributed by atoms with Crippen molar-refractivity contribution >= 4 is 11.7 Å². The Kier molecular flexibility index (Phi) is 3.42. The van der Waals surface area contributed by atoms with Crippen LogP contribution in [0.25, 0.3) is 0 Å². The van der Waals surface area contributed by atoms with Crippen molar-refractivity contribution in [2.45, 2.75) is 26.4 Å². The molecule has 0 aliphatic carbocycles. The predicted octanol–water partition coefficient (Wildman–Crippen LogP) is 2.23. The van der Waals surface area contributed by atoms with E-state index in [1.165, 1.54) is 7.11 Å². The molecule has 0 aliphatic heterocycles. The van der Waals surface area contributed by atoms with Crippen molar-refractivity contribution in [2.75, 3.05) is 12.8 Å². The van der Waals surface area contributed by atoms with Crippen LogP contribution < -0.4 is 10.5 Å². The van der Waals surface area contributed by atoms with Crippen LogP contribution in [0.5, 0.6) is 5.75 Å². The molecular formula is C12H17NO3. The number of nitrogens with two attached hydrogens (primary N) is 1. The van der Waals surface area contributed by atoms with Gasteiger partial charge >= 0.3 is 5.97 Å². The number of esters is 1. The lowest BCUT2D eigenvalue weighted by Crippen LogP contribution is -2.24. The second-order valence-electron chi connectivity index (χ2n) is 4.46. The first-order valence-electron chi connectivity index (χ1n) is 5.00. The van der Waals surface area contributed by atoms with Gasteiger partial charge in [-0.1, -0.05) is 0 Å². The van der Waals surface area contributed by atoms with Crippen LogP contribution in [-0.2, 0) is 4.74 Å². The zero-order valence-corrected chi connectivity index (χ0v) is 10.0. The number of rotatable bonds is 2. The van der Waals surface area contributed by atoms with Gasteiger partial charge in [0.25, 0.3) is 0 Å². The van der Waals surface area contributed by atoms with Crippen molar-refractivity contribution in [2.24, 2.45) is 0 Å². The minimum Gasteiger partial charge on any atom is -0.487 e. The van der Waals surface area contributed by atoms with E-state index in [0.29, 0.717) is 17.0 Å². The number of carbonyl (C=O) groups is 1. The van der Waals surface area contributed by atoms with E-state index in [0.717, 1.165) is 0 Å². The number of carbonyl (C=O) groups excluding carboxylic acids is 1. The van der Waals surface area contributed by atoms with Gasteiger partial charge in [-0.25, -0.2) is 4.79 Å². The van der Waals surface area contributed by atoms with Crippen molar-refractivity contribution < 1.29 is 14.3 Å². The Morgan fingerprint density at radius 3 is 2.44 bits per heavy atom. The molecule has 0 radical (unpaired) electrons. The Labute approximate surface area is 95.3 Å². The lowest BCUT2D eigenvalue weighted by Gasteiger charge is -2.22. The summed E-state index contributed by atoms with van der Waals surface area (Å²) < 4.78 is 10.3. The molecule has 0 fully saturated rings. The van der Waals surface area contributed by atoms with Gasteiger partial charge in [0.1, 0.15) is 16.9 Å². The lowest BCUT2D eigenvalue weighted by atomic mass is 10.1. The summed E-state index contributed by atoms with van der Waals surface area (Å²) in [7, 11) is 1.33. The Morgan fingerprint density at radius 1 is 1.31 bits per heavy atom. The third-order valence-corrected chi connectivity index (χ3v) is 1.83. The number of hydrogen-bond donors (Lipinski definition) is 1. The number of ether oxygens (including phenoxy) is 2. The van der Waals surface area contributed by atoms with E-state index in [4.69, 9.17) is 10.5 Å². The molecule has 0 spiro atoms. The fourth-order valence-electron chi connectivity index (χ4n) is 1.23. The number of anilines is 1. The molecule has 4 nitrogen and oxygen atoms in total. The maximum absolute atomic E-state index is 11.5. The van der Waals surface area contributed by atoms with Gasteiger partial charge in [0.2, 0.25) is 0 Å². The van der Waals surface area contributed by atoms with Gasteiger partial charge in [0, 0.05) is 11.8 Å². The third kappa shape index (κ3) is 3.15. The van der Waals surface area contributed by atoms with E-state index < -0.39 is 11.6 Å². The highest BCUT2D eigenvalue weighted by Gasteiger charge is 2.18. The fraction of sp³-hybridized carbons (Fsp3) is 0.417. The number of hydrogen-bond acceptors (Lipinski definition) is 4. The van der Waals surface area contributed by atoms with E-state index in [-0.39, 0.29) is 0 Å². The molecule has 88 valence electrons. The van der Waals surface area contributed by atoms with E-state index in [9.17, 15) is 4.79 Å². The standard InChI is InChI=1S/C12H17NO3/c1-12(2,3)16-10-7-8(13)5-6-9(10)11(14)15-4/h5-7H,13H2,1-4H3.